The molecule has 0 saturated carbocycles. The molecule has 3 aromatic rings. The number of nitrogens with one attached hydrogen (secondary N) is 2. The molecular formula is C29H31F3N4O5S. The Hall–Kier alpha value is -4.00. The van der Waals surface area contributed by atoms with Gasteiger partial charge in [-0.1, -0.05) is 44.2 Å². The van der Waals surface area contributed by atoms with Crippen LogP contribution in [0.4, 0.5) is 18.0 Å². The predicted octanol–water partition coefficient (Wildman–Crippen LogP) is 5.84. The summed E-state index contributed by atoms with van der Waals surface area (Å²) in [5.41, 5.74) is 2.09. The van der Waals surface area contributed by atoms with Gasteiger partial charge >= 0.3 is 12.5 Å². The van der Waals surface area contributed by atoms with E-state index in [-0.39, 0.29) is 34.2 Å². The highest BCUT2D eigenvalue weighted by molar-refractivity contribution is 7.99. The number of amides is 2. The molecule has 13 heteroatoms. The van der Waals surface area contributed by atoms with Crippen LogP contribution in [0.2, 0.25) is 0 Å². The van der Waals surface area contributed by atoms with E-state index in [2.05, 4.69) is 20.0 Å². The number of rotatable bonds is 9. The summed E-state index contributed by atoms with van der Waals surface area (Å²) in [5, 5.41) is 2.82. The van der Waals surface area contributed by atoms with Crippen molar-refractivity contribution >= 4 is 30.0 Å². The number of carbonyl (C=O) groups is 3. The summed E-state index contributed by atoms with van der Waals surface area (Å²) in [7, 11) is 1.25. The van der Waals surface area contributed by atoms with Crippen LogP contribution in [0.15, 0.2) is 48.7 Å². The predicted molar refractivity (Wildman–Crippen MR) is 152 cm³/mol. The Kier molecular flexibility index (Phi) is 9.50. The first-order valence-corrected chi connectivity index (χ1v) is 14.4. The van der Waals surface area contributed by atoms with Crippen molar-refractivity contribution in [2.24, 2.45) is 5.92 Å². The standard InChI is InChI=1S/C29H31F3N4O5S/c1-16(2)25(35-28(39)40-3)27(38)36-14-20(42-4)12-23(36)26-33-13-22(34-26)19-8-6-18(7-9-19)21-10-5-17(15-37)11-24(21)41-29(30,31)32/h5-11,13,15-16,20,23,25H,12,14H2,1-4H3,(H,33,34)(H,35,39)/t20?,23?,25-/m0/s1. The molecule has 224 valence electrons. The maximum Gasteiger partial charge on any atom is 0.573 e. The summed E-state index contributed by atoms with van der Waals surface area (Å²) in [6.07, 6.45) is -0.860. The van der Waals surface area contributed by atoms with E-state index in [1.165, 1.54) is 19.2 Å². The first-order valence-electron chi connectivity index (χ1n) is 13.1. The number of benzene rings is 2. The number of halogens is 3. The van der Waals surface area contributed by atoms with Crippen molar-refractivity contribution in [2.75, 3.05) is 19.9 Å². The normalized spacial score (nSPS) is 17.7. The average Bonchev–Trinajstić information content (AvgIpc) is 3.62. The van der Waals surface area contributed by atoms with Gasteiger partial charge in [-0.2, -0.15) is 11.8 Å². The third kappa shape index (κ3) is 7.07. The number of hydrogen-bond acceptors (Lipinski definition) is 7. The topological polar surface area (TPSA) is 114 Å². The van der Waals surface area contributed by atoms with Crippen molar-refractivity contribution in [1.82, 2.24) is 20.2 Å². The van der Waals surface area contributed by atoms with E-state index in [4.69, 9.17) is 4.74 Å². The Labute approximate surface area is 245 Å². The van der Waals surface area contributed by atoms with Crippen LogP contribution < -0.4 is 10.1 Å². The van der Waals surface area contributed by atoms with E-state index in [1.807, 2.05) is 20.1 Å². The second-order valence-corrected chi connectivity index (χ2v) is 11.3. The van der Waals surface area contributed by atoms with E-state index in [0.29, 0.717) is 36.3 Å². The van der Waals surface area contributed by atoms with E-state index in [9.17, 15) is 27.6 Å². The SMILES string of the molecule is COC(=O)N[C@H](C(=O)N1CC(SC)CC1c1ncc(-c2ccc(-c3ccc(C=O)cc3OC(F)(F)F)cc2)[nH]1)C(C)C. The quantitative estimate of drug-likeness (QED) is 0.295. The van der Waals surface area contributed by atoms with Gasteiger partial charge in [0.05, 0.1) is 25.0 Å². The van der Waals surface area contributed by atoms with Crippen molar-refractivity contribution in [3.8, 4) is 28.1 Å². The van der Waals surface area contributed by atoms with Gasteiger partial charge in [0.25, 0.3) is 0 Å². The minimum absolute atomic E-state index is 0.0588. The number of aldehydes is 1. The van der Waals surface area contributed by atoms with Crippen LogP contribution in [0.25, 0.3) is 22.4 Å². The third-order valence-electron chi connectivity index (χ3n) is 7.06. The lowest BCUT2D eigenvalue weighted by Gasteiger charge is -2.30. The zero-order valence-electron chi connectivity index (χ0n) is 23.4. The molecule has 2 amide bonds. The Bertz CT molecular complexity index is 1430. The van der Waals surface area contributed by atoms with Crippen LogP contribution >= 0.6 is 11.8 Å². The number of thioether (sulfide) groups is 1. The highest BCUT2D eigenvalue weighted by Gasteiger charge is 2.41. The van der Waals surface area contributed by atoms with Gasteiger partial charge in [0.2, 0.25) is 5.91 Å². The second-order valence-electron chi connectivity index (χ2n) is 10.1. The van der Waals surface area contributed by atoms with E-state index < -0.39 is 24.2 Å². The molecule has 1 aliphatic heterocycles. The maximum absolute atomic E-state index is 13.6. The number of H-pyrrole nitrogens is 1. The number of methoxy groups -OCH3 is 1. The summed E-state index contributed by atoms with van der Waals surface area (Å²) < 4.78 is 47.9. The Morgan fingerprint density at radius 3 is 2.45 bits per heavy atom. The molecule has 2 aromatic carbocycles. The number of aromatic amines is 1. The molecule has 0 radical (unpaired) electrons. The largest absolute Gasteiger partial charge is 0.573 e. The van der Waals surface area contributed by atoms with Crippen molar-refractivity contribution < 1.29 is 37.0 Å². The number of hydrogen-bond donors (Lipinski definition) is 2. The summed E-state index contributed by atoms with van der Waals surface area (Å²) >= 11 is 1.65. The average molecular weight is 605 g/mol. The zero-order chi connectivity index (χ0) is 30.6. The number of alkyl carbamates (subject to hydrolysis) is 1. The highest BCUT2D eigenvalue weighted by atomic mass is 32.2. The number of carbonyl (C=O) groups excluding carboxylic acids is 3. The molecule has 2 unspecified atom stereocenters. The summed E-state index contributed by atoms with van der Waals surface area (Å²) in [5.74, 6) is -0.283. The molecule has 9 nitrogen and oxygen atoms in total. The highest BCUT2D eigenvalue weighted by Crippen LogP contribution is 2.38. The first-order chi connectivity index (χ1) is 19.9. The lowest BCUT2D eigenvalue weighted by molar-refractivity contribution is -0.274. The molecule has 2 N–H and O–H groups in total. The molecule has 0 spiro atoms. The van der Waals surface area contributed by atoms with Crippen molar-refractivity contribution in [3.05, 3.63) is 60.0 Å². The second kappa shape index (κ2) is 12.9. The maximum atomic E-state index is 13.6. The van der Waals surface area contributed by atoms with Crippen molar-refractivity contribution in [1.29, 1.82) is 0 Å². The minimum Gasteiger partial charge on any atom is -0.453 e. The summed E-state index contributed by atoms with van der Waals surface area (Å²) in [6, 6.07) is 9.52. The Balaban J connectivity index is 1.59. The first kappa shape index (κ1) is 30.9. The van der Waals surface area contributed by atoms with Gasteiger partial charge in [-0.15, -0.1) is 13.2 Å². The van der Waals surface area contributed by atoms with Gasteiger partial charge in [0.15, 0.2) is 0 Å². The van der Waals surface area contributed by atoms with Crippen LogP contribution in [0.5, 0.6) is 5.75 Å². The summed E-state index contributed by atoms with van der Waals surface area (Å²) in [6.45, 7) is 4.19. The number of alkyl halides is 3. The van der Waals surface area contributed by atoms with Gasteiger partial charge in [-0.3, -0.25) is 9.59 Å². The number of nitrogens with zero attached hydrogens (tertiary/aromatic N) is 2. The zero-order valence-corrected chi connectivity index (χ0v) is 24.2. The van der Waals surface area contributed by atoms with E-state index in [0.717, 1.165) is 11.6 Å². The van der Waals surface area contributed by atoms with Gasteiger partial charge in [-0.05, 0) is 41.9 Å². The van der Waals surface area contributed by atoms with Gasteiger partial charge in [0.1, 0.15) is 23.9 Å². The molecule has 1 saturated heterocycles. The van der Waals surface area contributed by atoms with Crippen LogP contribution in [-0.4, -0.2) is 70.7 Å². The smallest absolute Gasteiger partial charge is 0.453 e. The van der Waals surface area contributed by atoms with E-state index in [1.54, 1.807) is 47.1 Å². The Morgan fingerprint density at radius 1 is 1.17 bits per heavy atom. The Morgan fingerprint density at radius 2 is 1.86 bits per heavy atom. The molecule has 42 heavy (non-hydrogen) atoms. The lowest BCUT2D eigenvalue weighted by atomic mass is 10.0. The number of ether oxygens (including phenoxy) is 2. The molecule has 1 aliphatic rings. The van der Waals surface area contributed by atoms with Crippen LogP contribution in [0.3, 0.4) is 0 Å². The number of likely N-dealkylation sites (tertiary alicyclic amines) is 1. The van der Waals surface area contributed by atoms with Crippen LogP contribution in [-0.2, 0) is 9.53 Å². The molecule has 2 heterocycles. The van der Waals surface area contributed by atoms with E-state index >= 15 is 0 Å². The lowest BCUT2D eigenvalue weighted by Crippen LogP contribution is -2.51. The fraction of sp³-hybridized carbons (Fsp3) is 0.379. The molecule has 1 aromatic heterocycles. The van der Waals surface area contributed by atoms with Gasteiger partial charge < -0.3 is 24.7 Å². The van der Waals surface area contributed by atoms with Crippen LogP contribution in [0, 0.1) is 5.92 Å². The molecule has 0 bridgehead atoms. The van der Waals surface area contributed by atoms with Gasteiger partial charge in [0, 0.05) is 22.9 Å². The summed E-state index contributed by atoms with van der Waals surface area (Å²) in [4.78, 5) is 46.2. The molecule has 0 aliphatic carbocycles. The molecule has 1 fully saturated rings. The minimum atomic E-state index is -4.92. The van der Waals surface area contributed by atoms with Crippen molar-refractivity contribution in [2.45, 2.75) is 44.0 Å². The fourth-order valence-electron chi connectivity index (χ4n) is 4.89. The van der Waals surface area contributed by atoms with Crippen molar-refractivity contribution in [3.63, 3.8) is 0 Å². The van der Waals surface area contributed by atoms with Gasteiger partial charge in [-0.25, -0.2) is 9.78 Å². The third-order valence-corrected chi connectivity index (χ3v) is 8.06. The fourth-order valence-corrected chi connectivity index (χ4v) is 5.58. The number of imidazole rings is 1. The van der Waals surface area contributed by atoms with Crippen LogP contribution in [0.1, 0.15) is 42.5 Å². The number of aromatic nitrogens is 2. The molecular weight excluding hydrogens is 573 g/mol. The molecule has 4 rings (SSSR count). The monoisotopic (exact) mass is 604 g/mol. The molecule has 3 atom stereocenters.